The molecule has 0 saturated heterocycles. The number of primary amides is 1. The number of rotatable bonds is 1. The first-order chi connectivity index (χ1) is 6.25. The zero-order valence-corrected chi connectivity index (χ0v) is 7.47. The molecule has 0 atom stereocenters. The van der Waals surface area contributed by atoms with E-state index in [0.29, 0.717) is 11.5 Å². The highest BCUT2D eigenvalue weighted by Crippen LogP contribution is 2.35. The van der Waals surface area contributed by atoms with Crippen molar-refractivity contribution in [1.29, 1.82) is 0 Å². The van der Waals surface area contributed by atoms with Gasteiger partial charge in [0, 0.05) is 4.90 Å². The quantitative estimate of drug-likeness (QED) is 0.694. The lowest BCUT2D eigenvalue weighted by atomic mass is 10.3. The molecule has 2 rings (SSSR count). The standard InChI is InChI=1S/C8H7NO3S/c9-8(10)13-5-1-2-6-7(3-5)12-4-11-6/h1-3H,4H2,(H2,9,10). The van der Waals surface area contributed by atoms with Gasteiger partial charge in [-0.15, -0.1) is 0 Å². The third-order valence-corrected chi connectivity index (χ3v) is 2.25. The molecular formula is C8H7NO3S. The number of benzene rings is 1. The molecule has 1 aliphatic rings. The van der Waals surface area contributed by atoms with E-state index in [-0.39, 0.29) is 6.79 Å². The molecule has 4 nitrogen and oxygen atoms in total. The normalized spacial score (nSPS) is 12.9. The van der Waals surface area contributed by atoms with Crippen LogP contribution in [0.3, 0.4) is 0 Å². The minimum absolute atomic E-state index is 0.236. The summed E-state index contributed by atoms with van der Waals surface area (Å²) in [5.74, 6) is 1.36. The van der Waals surface area contributed by atoms with Crippen LogP contribution in [0.5, 0.6) is 11.5 Å². The fourth-order valence-corrected chi connectivity index (χ4v) is 1.59. The van der Waals surface area contributed by atoms with E-state index < -0.39 is 5.24 Å². The topological polar surface area (TPSA) is 61.6 Å². The van der Waals surface area contributed by atoms with Crippen molar-refractivity contribution in [2.45, 2.75) is 4.90 Å². The Morgan fingerprint density at radius 3 is 2.92 bits per heavy atom. The number of fused-ring (bicyclic) bond motifs is 1. The van der Waals surface area contributed by atoms with Crippen LogP contribution in [0.2, 0.25) is 0 Å². The highest BCUT2D eigenvalue weighted by Gasteiger charge is 2.13. The van der Waals surface area contributed by atoms with Crippen molar-refractivity contribution in [1.82, 2.24) is 0 Å². The first-order valence-electron chi connectivity index (χ1n) is 3.62. The molecule has 13 heavy (non-hydrogen) atoms. The second-order valence-electron chi connectivity index (χ2n) is 2.44. The van der Waals surface area contributed by atoms with E-state index >= 15 is 0 Å². The first kappa shape index (κ1) is 8.25. The first-order valence-corrected chi connectivity index (χ1v) is 4.44. The number of carbonyl (C=O) groups is 1. The van der Waals surface area contributed by atoms with E-state index in [2.05, 4.69) is 0 Å². The second-order valence-corrected chi connectivity index (χ2v) is 3.51. The summed E-state index contributed by atoms with van der Waals surface area (Å²) in [5.41, 5.74) is 5.02. The van der Waals surface area contributed by atoms with Gasteiger partial charge in [-0.05, 0) is 30.0 Å². The van der Waals surface area contributed by atoms with Crippen LogP contribution in [0, 0.1) is 0 Å². The van der Waals surface area contributed by atoms with Gasteiger partial charge in [-0.25, -0.2) is 0 Å². The molecular weight excluding hydrogens is 190 g/mol. The van der Waals surface area contributed by atoms with Crippen molar-refractivity contribution in [2.24, 2.45) is 5.73 Å². The molecule has 0 aromatic heterocycles. The minimum Gasteiger partial charge on any atom is -0.454 e. The molecule has 1 amide bonds. The van der Waals surface area contributed by atoms with Crippen molar-refractivity contribution < 1.29 is 14.3 Å². The van der Waals surface area contributed by atoms with Gasteiger partial charge in [0.1, 0.15) is 0 Å². The predicted octanol–water partition coefficient (Wildman–Crippen LogP) is 1.59. The van der Waals surface area contributed by atoms with Gasteiger partial charge >= 0.3 is 0 Å². The van der Waals surface area contributed by atoms with Crippen molar-refractivity contribution >= 4 is 17.0 Å². The molecule has 0 aliphatic carbocycles. The van der Waals surface area contributed by atoms with Crippen molar-refractivity contribution in [3.63, 3.8) is 0 Å². The molecule has 0 unspecified atom stereocenters. The van der Waals surface area contributed by atoms with Crippen LogP contribution < -0.4 is 15.2 Å². The molecule has 0 radical (unpaired) electrons. The van der Waals surface area contributed by atoms with Crippen LogP contribution in [-0.4, -0.2) is 12.0 Å². The molecule has 1 aliphatic heterocycles. The van der Waals surface area contributed by atoms with E-state index in [0.717, 1.165) is 16.7 Å². The average molecular weight is 197 g/mol. The van der Waals surface area contributed by atoms with E-state index in [1.807, 2.05) is 0 Å². The zero-order chi connectivity index (χ0) is 9.26. The Morgan fingerprint density at radius 1 is 1.38 bits per heavy atom. The minimum atomic E-state index is -0.432. The van der Waals surface area contributed by atoms with Gasteiger partial charge in [0.25, 0.3) is 5.24 Å². The summed E-state index contributed by atoms with van der Waals surface area (Å²) in [6, 6.07) is 5.26. The summed E-state index contributed by atoms with van der Waals surface area (Å²) >= 11 is 0.968. The Labute approximate surface area is 79.0 Å². The molecule has 5 heteroatoms. The molecule has 0 spiro atoms. The smallest absolute Gasteiger partial charge is 0.281 e. The Balaban J connectivity index is 2.25. The summed E-state index contributed by atoms with van der Waals surface area (Å²) in [5, 5.41) is -0.432. The Morgan fingerprint density at radius 2 is 2.15 bits per heavy atom. The molecule has 0 saturated carbocycles. The van der Waals surface area contributed by atoms with E-state index in [1.54, 1.807) is 18.2 Å². The van der Waals surface area contributed by atoms with Gasteiger partial charge in [0.2, 0.25) is 6.79 Å². The van der Waals surface area contributed by atoms with E-state index in [9.17, 15) is 4.79 Å². The van der Waals surface area contributed by atoms with Crippen LogP contribution in [0.4, 0.5) is 4.79 Å². The molecule has 1 heterocycles. The fourth-order valence-electron chi connectivity index (χ4n) is 1.06. The summed E-state index contributed by atoms with van der Waals surface area (Å²) in [4.78, 5) is 11.3. The van der Waals surface area contributed by atoms with Crippen LogP contribution in [-0.2, 0) is 0 Å². The van der Waals surface area contributed by atoms with Crippen LogP contribution in [0.15, 0.2) is 23.1 Å². The monoisotopic (exact) mass is 197 g/mol. The molecule has 0 bridgehead atoms. The van der Waals surface area contributed by atoms with Gasteiger partial charge in [0.15, 0.2) is 11.5 Å². The van der Waals surface area contributed by atoms with Gasteiger partial charge in [0.05, 0.1) is 0 Å². The van der Waals surface area contributed by atoms with E-state index in [4.69, 9.17) is 15.2 Å². The summed E-state index contributed by atoms with van der Waals surface area (Å²) in [6.07, 6.45) is 0. The Kier molecular flexibility index (Phi) is 2.02. The van der Waals surface area contributed by atoms with Gasteiger partial charge in [-0.1, -0.05) is 0 Å². The summed E-state index contributed by atoms with van der Waals surface area (Å²) in [6.45, 7) is 0.236. The van der Waals surface area contributed by atoms with Gasteiger partial charge in [-0.2, -0.15) is 0 Å². The molecule has 0 fully saturated rings. The second kappa shape index (κ2) is 3.18. The van der Waals surface area contributed by atoms with Crippen LogP contribution in [0.1, 0.15) is 0 Å². The number of ether oxygens (including phenoxy) is 2. The van der Waals surface area contributed by atoms with E-state index in [1.165, 1.54) is 0 Å². The lowest BCUT2D eigenvalue weighted by Gasteiger charge is -1.98. The largest absolute Gasteiger partial charge is 0.454 e. The lowest BCUT2D eigenvalue weighted by molar-refractivity contribution is 0.174. The fraction of sp³-hybridized carbons (Fsp3) is 0.125. The maximum Gasteiger partial charge on any atom is 0.281 e. The SMILES string of the molecule is NC(=O)Sc1ccc2c(c1)OCO2. The van der Waals surface area contributed by atoms with Crippen LogP contribution >= 0.6 is 11.8 Å². The van der Waals surface area contributed by atoms with Gasteiger partial charge < -0.3 is 15.2 Å². The Bertz CT molecular complexity index is 353. The number of hydrogen-bond donors (Lipinski definition) is 1. The average Bonchev–Trinajstić information content (AvgIpc) is 2.49. The highest BCUT2D eigenvalue weighted by atomic mass is 32.2. The van der Waals surface area contributed by atoms with Crippen molar-refractivity contribution in [3.05, 3.63) is 18.2 Å². The lowest BCUT2D eigenvalue weighted by Crippen LogP contribution is -2.01. The van der Waals surface area contributed by atoms with Crippen LogP contribution in [0.25, 0.3) is 0 Å². The number of hydrogen-bond acceptors (Lipinski definition) is 4. The van der Waals surface area contributed by atoms with Gasteiger partial charge in [-0.3, -0.25) is 4.79 Å². The third kappa shape index (κ3) is 1.70. The number of amides is 1. The molecule has 2 N–H and O–H groups in total. The zero-order valence-electron chi connectivity index (χ0n) is 6.65. The highest BCUT2D eigenvalue weighted by molar-refractivity contribution is 8.13. The summed E-state index contributed by atoms with van der Waals surface area (Å²) < 4.78 is 10.2. The summed E-state index contributed by atoms with van der Waals surface area (Å²) in [7, 11) is 0. The number of nitrogens with two attached hydrogens (primary N) is 1. The maximum atomic E-state index is 10.6. The molecule has 68 valence electrons. The molecule has 1 aromatic rings. The van der Waals surface area contributed by atoms with Crippen molar-refractivity contribution in [3.8, 4) is 11.5 Å². The van der Waals surface area contributed by atoms with Crippen molar-refractivity contribution in [2.75, 3.05) is 6.79 Å². The number of thioether (sulfide) groups is 1. The third-order valence-electron chi connectivity index (χ3n) is 1.56. The predicted molar refractivity (Wildman–Crippen MR) is 48.0 cm³/mol. The Hall–Kier alpha value is -1.36. The number of carbonyl (C=O) groups excluding carboxylic acids is 1. The molecule has 1 aromatic carbocycles. The maximum absolute atomic E-state index is 10.6.